The second-order valence-corrected chi connectivity index (χ2v) is 8.69. The molecule has 0 bridgehead atoms. The number of pyridine rings is 1. The van der Waals surface area contributed by atoms with Gasteiger partial charge in [0.25, 0.3) is 0 Å². The van der Waals surface area contributed by atoms with Crippen LogP contribution in [0, 0.1) is 11.6 Å². The highest BCUT2D eigenvalue weighted by Gasteiger charge is 2.20. The van der Waals surface area contributed by atoms with E-state index in [-0.39, 0.29) is 17.9 Å². The molecule has 8 heteroatoms. The Kier molecular flexibility index (Phi) is 6.99. The van der Waals surface area contributed by atoms with Gasteiger partial charge in [-0.1, -0.05) is 30.0 Å². The Labute approximate surface area is 190 Å². The highest BCUT2D eigenvalue weighted by Crippen LogP contribution is 2.32. The lowest BCUT2D eigenvalue weighted by Gasteiger charge is -2.16. The van der Waals surface area contributed by atoms with Gasteiger partial charge in [-0.05, 0) is 56.9 Å². The lowest BCUT2D eigenvalue weighted by atomic mass is 10.1. The van der Waals surface area contributed by atoms with E-state index in [1.54, 1.807) is 44.1 Å². The zero-order chi connectivity index (χ0) is 22.5. The normalized spacial score (nSPS) is 16.4. The third-order valence-electron chi connectivity index (χ3n) is 5.31. The lowest BCUT2D eigenvalue weighted by molar-refractivity contribution is 0.276. The summed E-state index contributed by atoms with van der Waals surface area (Å²) in [5.41, 5.74) is 1.65. The van der Waals surface area contributed by atoms with Crippen molar-refractivity contribution in [2.75, 3.05) is 0 Å². The van der Waals surface area contributed by atoms with Gasteiger partial charge in [-0.3, -0.25) is 9.55 Å². The molecule has 1 aliphatic carbocycles. The average molecular weight is 455 g/mol. The van der Waals surface area contributed by atoms with Crippen LogP contribution in [0.4, 0.5) is 8.78 Å². The molecule has 0 amide bonds. The zero-order valence-electron chi connectivity index (χ0n) is 18.0. The van der Waals surface area contributed by atoms with Gasteiger partial charge in [0.1, 0.15) is 12.4 Å². The Morgan fingerprint density at radius 3 is 2.88 bits per heavy atom. The summed E-state index contributed by atoms with van der Waals surface area (Å²) in [6.07, 6.45) is 12.8. The molecule has 0 aliphatic heterocycles. The molecule has 0 N–H and O–H groups in total. The van der Waals surface area contributed by atoms with Gasteiger partial charge in [0.2, 0.25) is 0 Å². The number of hydrogen-bond acceptors (Lipinski definition) is 5. The summed E-state index contributed by atoms with van der Waals surface area (Å²) in [6, 6.07) is 5.95. The number of nitrogens with zero attached hydrogens (tertiary/aromatic N) is 4. The van der Waals surface area contributed by atoms with Crippen LogP contribution in [0.15, 0.2) is 60.0 Å². The fraction of sp³-hybridized carbons (Fsp3) is 0.292. The molecule has 0 radical (unpaired) electrons. The van der Waals surface area contributed by atoms with Crippen LogP contribution in [0.25, 0.3) is 11.3 Å². The maximum atomic E-state index is 14.6. The smallest absolute Gasteiger partial charge is 0.196 e. The zero-order valence-corrected chi connectivity index (χ0v) is 18.8. The molecule has 4 rings (SSSR count). The first-order valence-electron chi connectivity index (χ1n) is 10.5. The van der Waals surface area contributed by atoms with E-state index in [9.17, 15) is 8.78 Å². The maximum absolute atomic E-state index is 14.6. The first-order valence-corrected chi connectivity index (χ1v) is 11.4. The summed E-state index contributed by atoms with van der Waals surface area (Å²) in [5, 5.41) is 9.64. The predicted molar refractivity (Wildman–Crippen MR) is 122 cm³/mol. The molecule has 32 heavy (non-hydrogen) atoms. The number of halogens is 2. The minimum Gasteiger partial charge on any atom is -0.482 e. The van der Waals surface area contributed by atoms with E-state index >= 15 is 0 Å². The molecule has 2 aromatic heterocycles. The van der Waals surface area contributed by atoms with Crippen LogP contribution in [-0.4, -0.2) is 25.0 Å². The second kappa shape index (κ2) is 10.1. The SMILES string of the molecule is C/C=C(\C)c1cc(F)c(OCc2nnc(SC3C=CCCC3)n2-c2cccnc2)cc1F. The largest absolute Gasteiger partial charge is 0.482 e. The molecule has 1 aliphatic rings. The quantitative estimate of drug-likeness (QED) is 0.401. The van der Waals surface area contributed by atoms with Gasteiger partial charge < -0.3 is 4.74 Å². The molecule has 3 aromatic rings. The van der Waals surface area contributed by atoms with Crippen molar-refractivity contribution in [1.82, 2.24) is 19.7 Å². The fourth-order valence-corrected chi connectivity index (χ4v) is 4.62. The summed E-state index contributed by atoms with van der Waals surface area (Å²) in [5.74, 6) is -0.850. The van der Waals surface area contributed by atoms with E-state index in [1.807, 2.05) is 16.7 Å². The van der Waals surface area contributed by atoms with Crippen LogP contribution in [0.5, 0.6) is 5.75 Å². The Bertz CT molecular complexity index is 1140. The summed E-state index contributed by atoms with van der Waals surface area (Å²) >= 11 is 1.62. The standard InChI is InChI=1S/C24H24F2N4OS/c1-3-16(2)19-12-21(26)22(13-20(19)25)31-15-23-28-29-24(32-18-9-5-4-6-10-18)30(23)17-8-7-11-27-14-17/h3,5,7-9,11-14,18H,4,6,10,15H2,1-2H3/b16-3+. The van der Waals surface area contributed by atoms with Crippen molar-refractivity contribution >= 4 is 17.3 Å². The summed E-state index contributed by atoms with van der Waals surface area (Å²) in [6.45, 7) is 3.44. The number of allylic oxidation sites excluding steroid dienone is 3. The van der Waals surface area contributed by atoms with Crippen LogP contribution in [0.1, 0.15) is 44.5 Å². The Balaban J connectivity index is 1.61. The van der Waals surface area contributed by atoms with Crippen molar-refractivity contribution in [2.24, 2.45) is 0 Å². The molecule has 5 nitrogen and oxygen atoms in total. The van der Waals surface area contributed by atoms with Crippen LogP contribution in [0.2, 0.25) is 0 Å². The van der Waals surface area contributed by atoms with Crippen molar-refractivity contribution in [3.63, 3.8) is 0 Å². The Morgan fingerprint density at radius 1 is 1.28 bits per heavy atom. The minimum absolute atomic E-state index is 0.0682. The molecular formula is C24H24F2N4OS. The average Bonchev–Trinajstić information content (AvgIpc) is 3.22. The van der Waals surface area contributed by atoms with Gasteiger partial charge in [0.05, 0.1) is 11.9 Å². The van der Waals surface area contributed by atoms with Gasteiger partial charge in [-0.15, -0.1) is 10.2 Å². The van der Waals surface area contributed by atoms with Crippen molar-refractivity contribution in [2.45, 2.75) is 50.1 Å². The first kappa shape index (κ1) is 22.2. The third kappa shape index (κ3) is 4.91. The Morgan fingerprint density at radius 2 is 2.16 bits per heavy atom. The van der Waals surface area contributed by atoms with E-state index < -0.39 is 11.6 Å². The van der Waals surface area contributed by atoms with Gasteiger partial charge in [-0.25, -0.2) is 8.78 Å². The molecule has 1 unspecified atom stereocenters. The topological polar surface area (TPSA) is 52.8 Å². The highest BCUT2D eigenvalue weighted by atomic mass is 32.2. The van der Waals surface area contributed by atoms with Crippen molar-refractivity contribution in [3.8, 4) is 11.4 Å². The second-order valence-electron chi connectivity index (χ2n) is 7.48. The number of benzene rings is 1. The molecule has 0 saturated carbocycles. The van der Waals surface area contributed by atoms with Crippen LogP contribution < -0.4 is 4.74 Å². The molecule has 0 fully saturated rings. The minimum atomic E-state index is -0.628. The van der Waals surface area contributed by atoms with Gasteiger partial charge >= 0.3 is 0 Å². The molecule has 2 heterocycles. The number of hydrogen-bond donors (Lipinski definition) is 0. The van der Waals surface area contributed by atoms with E-state index in [1.165, 1.54) is 0 Å². The third-order valence-corrected chi connectivity index (χ3v) is 6.48. The van der Waals surface area contributed by atoms with E-state index in [0.717, 1.165) is 37.1 Å². The predicted octanol–water partition coefficient (Wildman–Crippen LogP) is 6.14. The molecule has 1 aromatic carbocycles. The lowest BCUT2D eigenvalue weighted by Crippen LogP contribution is -2.09. The molecule has 166 valence electrons. The molecule has 1 atom stereocenters. The monoisotopic (exact) mass is 454 g/mol. The number of aromatic nitrogens is 4. The fourth-order valence-electron chi connectivity index (χ4n) is 3.47. The number of ether oxygens (including phenoxy) is 1. The number of rotatable bonds is 7. The van der Waals surface area contributed by atoms with Crippen LogP contribution in [0.3, 0.4) is 0 Å². The summed E-state index contributed by atoms with van der Waals surface area (Å²) in [7, 11) is 0. The van der Waals surface area contributed by atoms with Crippen molar-refractivity contribution < 1.29 is 13.5 Å². The maximum Gasteiger partial charge on any atom is 0.196 e. The van der Waals surface area contributed by atoms with Crippen molar-refractivity contribution in [1.29, 1.82) is 0 Å². The van der Waals surface area contributed by atoms with Crippen LogP contribution >= 0.6 is 11.8 Å². The Hall–Kier alpha value is -3.00. The van der Waals surface area contributed by atoms with E-state index in [2.05, 4.69) is 27.3 Å². The first-order chi connectivity index (χ1) is 15.6. The van der Waals surface area contributed by atoms with Crippen LogP contribution in [-0.2, 0) is 6.61 Å². The highest BCUT2D eigenvalue weighted by molar-refractivity contribution is 7.99. The summed E-state index contributed by atoms with van der Waals surface area (Å²) in [4.78, 5) is 4.19. The molecular weight excluding hydrogens is 430 g/mol. The molecule has 0 spiro atoms. The van der Waals surface area contributed by atoms with Gasteiger partial charge in [0.15, 0.2) is 22.5 Å². The number of thioether (sulfide) groups is 1. The van der Waals surface area contributed by atoms with Crippen molar-refractivity contribution in [3.05, 3.63) is 77.9 Å². The van der Waals surface area contributed by atoms with Gasteiger partial charge in [-0.2, -0.15) is 0 Å². The molecule has 0 saturated heterocycles. The van der Waals surface area contributed by atoms with E-state index in [0.29, 0.717) is 21.8 Å². The summed E-state index contributed by atoms with van der Waals surface area (Å²) < 4.78 is 36.5. The van der Waals surface area contributed by atoms with E-state index in [4.69, 9.17) is 4.74 Å². The van der Waals surface area contributed by atoms with Gasteiger partial charge in [0, 0.05) is 23.1 Å².